The summed E-state index contributed by atoms with van der Waals surface area (Å²) in [7, 11) is 0. The van der Waals surface area contributed by atoms with E-state index in [4.69, 9.17) is 0 Å². The predicted octanol–water partition coefficient (Wildman–Crippen LogP) is 5.51. The summed E-state index contributed by atoms with van der Waals surface area (Å²) >= 11 is 0. The minimum absolute atomic E-state index is 0.103. The first-order chi connectivity index (χ1) is 10.7. The van der Waals surface area contributed by atoms with Gasteiger partial charge in [-0.15, -0.1) is 0 Å². The SMILES string of the molecule is Fc1cc(-c2ccccc2)c(F)c(F)c1Nc1ccccc1. The Labute approximate surface area is 126 Å². The van der Waals surface area contributed by atoms with Crippen LogP contribution in [0.15, 0.2) is 66.7 Å². The largest absolute Gasteiger partial charge is 0.351 e. The van der Waals surface area contributed by atoms with Crippen LogP contribution >= 0.6 is 0 Å². The molecule has 0 fully saturated rings. The van der Waals surface area contributed by atoms with Crippen molar-refractivity contribution in [1.82, 2.24) is 0 Å². The Hall–Kier alpha value is -2.75. The zero-order valence-corrected chi connectivity index (χ0v) is 11.5. The molecule has 0 radical (unpaired) electrons. The maximum Gasteiger partial charge on any atom is 0.185 e. The molecule has 3 aromatic carbocycles. The number of anilines is 2. The van der Waals surface area contributed by atoms with E-state index in [0.29, 0.717) is 11.3 Å². The van der Waals surface area contributed by atoms with Gasteiger partial charge >= 0.3 is 0 Å². The average molecular weight is 299 g/mol. The van der Waals surface area contributed by atoms with Gasteiger partial charge in [-0.25, -0.2) is 13.2 Å². The van der Waals surface area contributed by atoms with Crippen LogP contribution in [0.3, 0.4) is 0 Å². The molecular weight excluding hydrogens is 287 g/mol. The van der Waals surface area contributed by atoms with E-state index in [-0.39, 0.29) is 5.56 Å². The summed E-state index contributed by atoms with van der Waals surface area (Å²) in [6.45, 7) is 0. The third kappa shape index (κ3) is 2.68. The Morgan fingerprint density at radius 1 is 0.682 bits per heavy atom. The second-order valence-electron chi connectivity index (χ2n) is 4.77. The highest BCUT2D eigenvalue weighted by Crippen LogP contribution is 2.32. The maximum atomic E-state index is 14.2. The van der Waals surface area contributed by atoms with E-state index in [9.17, 15) is 13.2 Å². The molecule has 0 saturated carbocycles. The van der Waals surface area contributed by atoms with Crippen LogP contribution < -0.4 is 5.32 Å². The Morgan fingerprint density at radius 2 is 1.27 bits per heavy atom. The van der Waals surface area contributed by atoms with Gasteiger partial charge in [-0.1, -0.05) is 48.5 Å². The number of hydrogen-bond donors (Lipinski definition) is 1. The average Bonchev–Trinajstić information content (AvgIpc) is 2.57. The number of para-hydroxylation sites is 1. The fourth-order valence-corrected chi connectivity index (χ4v) is 2.20. The fourth-order valence-electron chi connectivity index (χ4n) is 2.20. The normalized spacial score (nSPS) is 10.5. The molecule has 22 heavy (non-hydrogen) atoms. The van der Waals surface area contributed by atoms with Crippen molar-refractivity contribution in [2.45, 2.75) is 0 Å². The summed E-state index contributed by atoms with van der Waals surface area (Å²) in [6.07, 6.45) is 0. The van der Waals surface area contributed by atoms with Crippen molar-refractivity contribution in [3.05, 3.63) is 84.2 Å². The Balaban J connectivity index is 2.06. The van der Waals surface area contributed by atoms with Crippen LogP contribution in [0.1, 0.15) is 0 Å². The summed E-state index contributed by atoms with van der Waals surface area (Å²) in [5, 5.41) is 2.57. The van der Waals surface area contributed by atoms with Gasteiger partial charge in [-0.3, -0.25) is 0 Å². The van der Waals surface area contributed by atoms with Gasteiger partial charge in [0.1, 0.15) is 11.5 Å². The van der Waals surface area contributed by atoms with Crippen molar-refractivity contribution < 1.29 is 13.2 Å². The highest BCUT2D eigenvalue weighted by Gasteiger charge is 2.19. The third-order valence-corrected chi connectivity index (χ3v) is 3.29. The molecule has 4 heteroatoms. The molecule has 3 aromatic rings. The van der Waals surface area contributed by atoms with Gasteiger partial charge in [0.15, 0.2) is 11.6 Å². The van der Waals surface area contributed by atoms with E-state index >= 15 is 0 Å². The van der Waals surface area contributed by atoms with Gasteiger partial charge in [-0.05, 0) is 23.8 Å². The molecule has 0 aliphatic carbocycles. The van der Waals surface area contributed by atoms with Crippen LogP contribution in [0.4, 0.5) is 24.5 Å². The summed E-state index contributed by atoms with van der Waals surface area (Å²) < 4.78 is 42.7. The molecular formula is C18H12F3N. The Morgan fingerprint density at radius 3 is 1.91 bits per heavy atom. The smallest absolute Gasteiger partial charge is 0.185 e. The topological polar surface area (TPSA) is 12.0 Å². The number of nitrogens with one attached hydrogen (secondary N) is 1. The lowest BCUT2D eigenvalue weighted by molar-refractivity contribution is 0.502. The van der Waals surface area contributed by atoms with E-state index in [1.165, 1.54) is 0 Å². The summed E-state index contributed by atoms with van der Waals surface area (Å²) in [5.41, 5.74) is 0.300. The second kappa shape index (κ2) is 5.93. The third-order valence-electron chi connectivity index (χ3n) is 3.29. The van der Waals surface area contributed by atoms with E-state index in [1.807, 2.05) is 0 Å². The molecule has 0 heterocycles. The first kappa shape index (κ1) is 14.2. The van der Waals surface area contributed by atoms with Crippen molar-refractivity contribution in [2.24, 2.45) is 0 Å². The predicted molar refractivity (Wildman–Crippen MR) is 81.5 cm³/mol. The van der Waals surface area contributed by atoms with Crippen LogP contribution in [0.5, 0.6) is 0 Å². The maximum absolute atomic E-state index is 14.2. The van der Waals surface area contributed by atoms with E-state index in [1.54, 1.807) is 60.7 Å². The molecule has 0 unspecified atom stereocenters. The van der Waals surface area contributed by atoms with E-state index < -0.39 is 23.1 Å². The monoisotopic (exact) mass is 299 g/mol. The van der Waals surface area contributed by atoms with Crippen LogP contribution in [-0.2, 0) is 0 Å². The molecule has 0 aromatic heterocycles. The first-order valence-corrected chi connectivity index (χ1v) is 6.72. The quantitative estimate of drug-likeness (QED) is 0.628. The lowest BCUT2D eigenvalue weighted by atomic mass is 10.0. The van der Waals surface area contributed by atoms with Crippen LogP contribution in [-0.4, -0.2) is 0 Å². The van der Waals surface area contributed by atoms with Crippen molar-refractivity contribution >= 4 is 11.4 Å². The van der Waals surface area contributed by atoms with Gasteiger partial charge in [0.05, 0.1) is 0 Å². The van der Waals surface area contributed by atoms with Gasteiger partial charge in [0, 0.05) is 11.3 Å². The van der Waals surface area contributed by atoms with Gasteiger partial charge < -0.3 is 5.32 Å². The molecule has 3 rings (SSSR count). The molecule has 0 bridgehead atoms. The first-order valence-electron chi connectivity index (χ1n) is 6.72. The molecule has 0 atom stereocenters. The number of rotatable bonds is 3. The van der Waals surface area contributed by atoms with E-state index in [0.717, 1.165) is 6.07 Å². The van der Waals surface area contributed by atoms with Crippen molar-refractivity contribution in [2.75, 3.05) is 5.32 Å². The van der Waals surface area contributed by atoms with E-state index in [2.05, 4.69) is 5.32 Å². The van der Waals surface area contributed by atoms with Gasteiger partial charge in [0.2, 0.25) is 0 Å². The molecule has 110 valence electrons. The van der Waals surface area contributed by atoms with Gasteiger partial charge in [0.25, 0.3) is 0 Å². The highest BCUT2D eigenvalue weighted by atomic mass is 19.2. The minimum atomic E-state index is -1.23. The second-order valence-corrected chi connectivity index (χ2v) is 4.77. The highest BCUT2D eigenvalue weighted by molar-refractivity contribution is 5.70. The Bertz CT molecular complexity index is 786. The standard InChI is InChI=1S/C18H12F3N/c19-15-11-14(12-7-3-1-4-8-12)16(20)17(21)18(15)22-13-9-5-2-6-10-13/h1-11,22H. The number of halogens is 3. The van der Waals surface area contributed by atoms with Crippen LogP contribution in [0, 0.1) is 17.5 Å². The lowest BCUT2D eigenvalue weighted by Gasteiger charge is -2.12. The molecule has 0 saturated heterocycles. The fraction of sp³-hybridized carbons (Fsp3) is 0. The molecule has 0 amide bonds. The minimum Gasteiger partial charge on any atom is -0.351 e. The van der Waals surface area contributed by atoms with Crippen molar-refractivity contribution in [3.8, 4) is 11.1 Å². The molecule has 0 aliphatic rings. The molecule has 0 spiro atoms. The summed E-state index contributed by atoms with van der Waals surface area (Å²) in [6, 6.07) is 17.8. The lowest BCUT2D eigenvalue weighted by Crippen LogP contribution is -2.02. The van der Waals surface area contributed by atoms with Crippen molar-refractivity contribution in [3.63, 3.8) is 0 Å². The molecule has 0 aliphatic heterocycles. The Kier molecular flexibility index (Phi) is 3.83. The van der Waals surface area contributed by atoms with Gasteiger partial charge in [-0.2, -0.15) is 0 Å². The number of hydrogen-bond acceptors (Lipinski definition) is 1. The summed E-state index contributed by atoms with van der Waals surface area (Å²) in [5.74, 6) is -3.16. The molecule has 1 nitrogen and oxygen atoms in total. The zero-order valence-electron chi connectivity index (χ0n) is 11.5. The summed E-state index contributed by atoms with van der Waals surface area (Å²) in [4.78, 5) is 0. The van der Waals surface area contributed by atoms with Crippen molar-refractivity contribution in [1.29, 1.82) is 0 Å². The van der Waals surface area contributed by atoms with Crippen LogP contribution in [0.25, 0.3) is 11.1 Å². The molecule has 1 N–H and O–H groups in total. The number of benzene rings is 3. The van der Waals surface area contributed by atoms with Crippen LogP contribution in [0.2, 0.25) is 0 Å². The zero-order chi connectivity index (χ0) is 15.5.